The van der Waals surface area contributed by atoms with Gasteiger partial charge in [-0.3, -0.25) is 4.79 Å². The first kappa shape index (κ1) is 11.4. The fraction of sp³-hybridized carbons (Fsp3) is 0.222. The Morgan fingerprint density at radius 3 is 2.43 bits per heavy atom. The van der Waals surface area contributed by atoms with E-state index in [0.717, 1.165) is 0 Å². The Morgan fingerprint density at radius 2 is 1.93 bits per heavy atom. The third-order valence-electron chi connectivity index (χ3n) is 1.63. The second-order valence-corrected chi connectivity index (χ2v) is 3.57. The van der Waals surface area contributed by atoms with Gasteiger partial charge in [-0.2, -0.15) is 8.78 Å². The summed E-state index contributed by atoms with van der Waals surface area (Å²) in [5, 5.41) is -3.54. The van der Waals surface area contributed by atoms with E-state index in [1.54, 1.807) is 12.1 Å². The number of hydrogen-bond donors (Lipinski definition) is 0. The highest BCUT2D eigenvalue weighted by molar-refractivity contribution is 6.33. The Kier molecular flexibility index (Phi) is 3.45. The number of halogens is 4. The third-order valence-corrected chi connectivity index (χ3v) is 2.20. The van der Waals surface area contributed by atoms with Gasteiger partial charge in [-0.15, -0.1) is 0 Å². The Bertz CT molecular complexity index is 347. The first-order valence-corrected chi connectivity index (χ1v) is 4.50. The fourth-order valence-electron chi connectivity index (χ4n) is 0.915. The molecule has 0 atom stereocenters. The summed E-state index contributed by atoms with van der Waals surface area (Å²) in [6, 6.07) is 6.29. The molecule has 1 nitrogen and oxygen atoms in total. The van der Waals surface area contributed by atoms with Gasteiger partial charge in [0, 0.05) is 11.4 Å². The van der Waals surface area contributed by atoms with Crippen LogP contribution in [-0.4, -0.2) is 11.2 Å². The molecule has 0 heterocycles. The summed E-state index contributed by atoms with van der Waals surface area (Å²) in [4.78, 5) is 10.8. The zero-order valence-electron chi connectivity index (χ0n) is 6.94. The molecule has 76 valence electrons. The molecule has 0 fully saturated rings. The standard InChI is InChI=1S/C9H6Cl2F2O/c10-7-4-2-1-3-6(7)5-8(14)9(11,12)13/h1-4H,5H2. The normalized spacial score (nSPS) is 11.4. The Balaban J connectivity index is 2.80. The minimum Gasteiger partial charge on any atom is -0.291 e. The number of ketones is 1. The van der Waals surface area contributed by atoms with Gasteiger partial charge in [0.15, 0.2) is 0 Å². The second-order valence-electron chi connectivity index (χ2n) is 2.69. The topological polar surface area (TPSA) is 17.1 Å². The molecule has 0 saturated carbocycles. The summed E-state index contributed by atoms with van der Waals surface area (Å²) >= 11 is 10.2. The fourth-order valence-corrected chi connectivity index (χ4v) is 1.18. The lowest BCUT2D eigenvalue weighted by atomic mass is 10.1. The van der Waals surface area contributed by atoms with Crippen molar-refractivity contribution in [3.05, 3.63) is 34.9 Å². The van der Waals surface area contributed by atoms with E-state index in [1.165, 1.54) is 12.1 Å². The predicted octanol–water partition coefficient (Wildman–Crippen LogP) is 3.28. The lowest BCUT2D eigenvalue weighted by Crippen LogP contribution is -2.23. The highest BCUT2D eigenvalue weighted by Crippen LogP contribution is 2.24. The lowest BCUT2D eigenvalue weighted by molar-refractivity contribution is -0.132. The van der Waals surface area contributed by atoms with Crippen molar-refractivity contribution in [2.75, 3.05) is 0 Å². The summed E-state index contributed by atoms with van der Waals surface area (Å²) in [5.74, 6) is -1.35. The van der Waals surface area contributed by atoms with Crippen LogP contribution in [0, 0.1) is 0 Å². The summed E-state index contributed by atoms with van der Waals surface area (Å²) in [5.41, 5.74) is 0.347. The highest BCUT2D eigenvalue weighted by atomic mass is 35.5. The highest BCUT2D eigenvalue weighted by Gasteiger charge is 2.35. The van der Waals surface area contributed by atoms with Crippen LogP contribution in [0.5, 0.6) is 0 Å². The molecular weight excluding hydrogens is 233 g/mol. The van der Waals surface area contributed by atoms with Crippen molar-refractivity contribution in [2.45, 2.75) is 11.8 Å². The van der Waals surface area contributed by atoms with E-state index >= 15 is 0 Å². The van der Waals surface area contributed by atoms with E-state index in [-0.39, 0.29) is 5.02 Å². The summed E-state index contributed by atoms with van der Waals surface area (Å²) in [6.07, 6.45) is -0.462. The lowest BCUT2D eigenvalue weighted by Gasteiger charge is -2.07. The molecule has 1 aromatic rings. The molecule has 0 saturated heterocycles. The van der Waals surface area contributed by atoms with E-state index in [4.69, 9.17) is 11.6 Å². The first-order valence-electron chi connectivity index (χ1n) is 3.74. The van der Waals surface area contributed by atoms with E-state index in [1.807, 2.05) is 0 Å². The molecule has 0 radical (unpaired) electrons. The molecule has 14 heavy (non-hydrogen) atoms. The molecule has 0 aliphatic carbocycles. The molecule has 0 aliphatic rings. The van der Waals surface area contributed by atoms with Gasteiger partial charge in [0.05, 0.1) is 0 Å². The van der Waals surface area contributed by atoms with Gasteiger partial charge in [-0.25, -0.2) is 0 Å². The monoisotopic (exact) mass is 238 g/mol. The molecule has 0 bridgehead atoms. The maximum Gasteiger partial charge on any atom is 0.380 e. The Morgan fingerprint density at radius 1 is 1.36 bits per heavy atom. The number of alkyl halides is 3. The number of carbonyl (C=O) groups is 1. The van der Waals surface area contributed by atoms with Gasteiger partial charge in [0.2, 0.25) is 5.78 Å². The van der Waals surface area contributed by atoms with Crippen LogP contribution in [0.4, 0.5) is 8.78 Å². The van der Waals surface area contributed by atoms with Crippen LogP contribution in [0.2, 0.25) is 5.02 Å². The van der Waals surface area contributed by atoms with E-state index < -0.39 is 17.6 Å². The molecule has 0 unspecified atom stereocenters. The van der Waals surface area contributed by atoms with Crippen LogP contribution in [0.3, 0.4) is 0 Å². The molecule has 0 spiro atoms. The largest absolute Gasteiger partial charge is 0.380 e. The molecule has 0 amide bonds. The van der Waals surface area contributed by atoms with Crippen molar-refractivity contribution in [1.82, 2.24) is 0 Å². The van der Waals surface area contributed by atoms with Crippen molar-refractivity contribution in [2.24, 2.45) is 0 Å². The van der Waals surface area contributed by atoms with Crippen LogP contribution in [0.25, 0.3) is 0 Å². The van der Waals surface area contributed by atoms with Gasteiger partial charge in [0.25, 0.3) is 0 Å². The summed E-state index contributed by atoms with van der Waals surface area (Å²) < 4.78 is 24.6. The van der Waals surface area contributed by atoms with Crippen LogP contribution in [0.1, 0.15) is 5.56 Å². The quantitative estimate of drug-likeness (QED) is 0.739. The molecule has 0 aromatic heterocycles. The van der Waals surface area contributed by atoms with Crippen molar-refractivity contribution in [3.63, 3.8) is 0 Å². The number of rotatable bonds is 3. The van der Waals surface area contributed by atoms with E-state index in [2.05, 4.69) is 11.6 Å². The maximum atomic E-state index is 12.3. The van der Waals surface area contributed by atoms with Gasteiger partial charge in [-0.05, 0) is 23.2 Å². The molecule has 5 heteroatoms. The molecule has 1 aromatic carbocycles. The zero-order valence-corrected chi connectivity index (χ0v) is 8.45. The van der Waals surface area contributed by atoms with Crippen molar-refractivity contribution in [3.8, 4) is 0 Å². The molecular formula is C9H6Cl2F2O. The SMILES string of the molecule is O=C(Cc1ccccc1Cl)C(F)(F)Cl. The van der Waals surface area contributed by atoms with Crippen LogP contribution < -0.4 is 0 Å². The summed E-state index contributed by atoms with van der Waals surface area (Å²) in [7, 11) is 0. The molecule has 0 N–H and O–H groups in total. The van der Waals surface area contributed by atoms with Crippen molar-refractivity contribution in [1.29, 1.82) is 0 Å². The van der Waals surface area contributed by atoms with Gasteiger partial charge >= 0.3 is 5.38 Å². The Labute approximate surface area is 89.6 Å². The van der Waals surface area contributed by atoms with E-state index in [0.29, 0.717) is 5.56 Å². The van der Waals surface area contributed by atoms with Crippen LogP contribution >= 0.6 is 23.2 Å². The minimum atomic E-state index is -3.82. The van der Waals surface area contributed by atoms with Gasteiger partial charge in [0.1, 0.15) is 0 Å². The number of benzene rings is 1. The summed E-state index contributed by atoms with van der Waals surface area (Å²) in [6.45, 7) is 0. The second kappa shape index (κ2) is 4.24. The smallest absolute Gasteiger partial charge is 0.291 e. The van der Waals surface area contributed by atoms with Crippen molar-refractivity contribution < 1.29 is 13.6 Å². The van der Waals surface area contributed by atoms with Crippen molar-refractivity contribution >= 4 is 29.0 Å². The third kappa shape index (κ3) is 2.93. The molecule has 0 aliphatic heterocycles. The maximum absolute atomic E-state index is 12.3. The number of hydrogen-bond acceptors (Lipinski definition) is 1. The first-order chi connectivity index (χ1) is 6.41. The van der Waals surface area contributed by atoms with E-state index in [9.17, 15) is 13.6 Å². The molecule has 1 rings (SSSR count). The number of Topliss-reactive ketones (excluding diaryl/α,β-unsaturated/α-hetero) is 1. The average Bonchev–Trinajstić information content (AvgIpc) is 2.07. The van der Waals surface area contributed by atoms with Gasteiger partial charge < -0.3 is 0 Å². The zero-order chi connectivity index (χ0) is 10.8. The number of carbonyl (C=O) groups excluding carboxylic acids is 1. The van der Waals surface area contributed by atoms with Crippen LogP contribution in [0.15, 0.2) is 24.3 Å². The van der Waals surface area contributed by atoms with Gasteiger partial charge in [-0.1, -0.05) is 29.8 Å². The predicted molar refractivity (Wildman–Crippen MR) is 51.0 cm³/mol. The minimum absolute atomic E-state index is 0.279. The average molecular weight is 239 g/mol. The van der Waals surface area contributed by atoms with Crippen LogP contribution in [-0.2, 0) is 11.2 Å². The Hall–Kier alpha value is -0.670.